The quantitative estimate of drug-likeness (QED) is 0.862. The van der Waals surface area contributed by atoms with Gasteiger partial charge in [0, 0.05) is 13.1 Å². The molecule has 3 rings (SSSR count). The van der Waals surface area contributed by atoms with Crippen molar-refractivity contribution in [1.82, 2.24) is 14.8 Å². The Morgan fingerprint density at radius 3 is 2.85 bits per heavy atom. The van der Waals surface area contributed by atoms with Crippen LogP contribution in [-0.2, 0) is 20.1 Å². The Balaban J connectivity index is 1.82. The first-order valence-corrected chi connectivity index (χ1v) is 6.36. The third-order valence-corrected chi connectivity index (χ3v) is 3.13. The molecule has 0 saturated carbocycles. The maximum atomic E-state index is 5.83. The summed E-state index contributed by atoms with van der Waals surface area (Å²) < 4.78 is 18.2. The Bertz CT molecular complexity index is 612. The Kier molecular flexibility index (Phi) is 3.42. The average Bonchev–Trinajstić information content (AvgIpc) is 3.05. The van der Waals surface area contributed by atoms with Gasteiger partial charge in [0.05, 0.1) is 0 Å². The van der Waals surface area contributed by atoms with Crippen LogP contribution in [0.5, 0.6) is 17.2 Å². The van der Waals surface area contributed by atoms with Gasteiger partial charge >= 0.3 is 0 Å². The molecule has 2 aromatic rings. The summed E-state index contributed by atoms with van der Waals surface area (Å²) >= 11 is 0. The van der Waals surface area contributed by atoms with Crippen molar-refractivity contribution in [3.8, 4) is 17.2 Å². The van der Waals surface area contributed by atoms with E-state index in [0.29, 0.717) is 25.3 Å². The van der Waals surface area contributed by atoms with Gasteiger partial charge in [0.15, 0.2) is 17.3 Å². The van der Waals surface area contributed by atoms with Crippen LogP contribution in [0, 0.1) is 0 Å². The van der Waals surface area contributed by atoms with Crippen LogP contribution in [0.2, 0.25) is 0 Å². The van der Waals surface area contributed by atoms with E-state index in [4.69, 9.17) is 19.9 Å². The molecule has 1 aliphatic heterocycles. The van der Waals surface area contributed by atoms with E-state index in [1.807, 2.05) is 19.2 Å². The first-order chi connectivity index (χ1) is 9.78. The summed E-state index contributed by atoms with van der Waals surface area (Å²) in [6, 6.07) is 3.75. The zero-order valence-corrected chi connectivity index (χ0v) is 11.2. The van der Waals surface area contributed by atoms with Crippen LogP contribution in [0.25, 0.3) is 0 Å². The summed E-state index contributed by atoms with van der Waals surface area (Å²) in [5.74, 6) is 2.92. The standard InChI is InChI=1S/C13H16N4O3/c1-17-13(15-7-16-17)6-18-10-5-12-11(19-8-20-12)4-9(10)2-3-14/h4-5,7H,2-3,6,8,14H2,1H3. The Hall–Kier alpha value is -2.28. The number of ether oxygens (including phenoxy) is 3. The number of fused-ring (bicyclic) bond motifs is 1. The fourth-order valence-corrected chi connectivity index (χ4v) is 2.04. The van der Waals surface area contributed by atoms with E-state index in [2.05, 4.69) is 10.1 Å². The molecule has 0 unspecified atom stereocenters. The monoisotopic (exact) mass is 276 g/mol. The van der Waals surface area contributed by atoms with Crippen LogP contribution in [0.3, 0.4) is 0 Å². The highest BCUT2D eigenvalue weighted by Crippen LogP contribution is 2.38. The van der Waals surface area contributed by atoms with Crippen LogP contribution < -0.4 is 19.9 Å². The minimum atomic E-state index is 0.240. The summed E-state index contributed by atoms with van der Waals surface area (Å²) in [4.78, 5) is 4.13. The second kappa shape index (κ2) is 5.38. The van der Waals surface area contributed by atoms with Gasteiger partial charge in [0.2, 0.25) is 6.79 Å². The smallest absolute Gasteiger partial charge is 0.231 e. The van der Waals surface area contributed by atoms with E-state index in [0.717, 1.165) is 22.9 Å². The van der Waals surface area contributed by atoms with Crippen molar-refractivity contribution in [3.05, 3.63) is 29.8 Å². The third-order valence-electron chi connectivity index (χ3n) is 3.13. The Morgan fingerprint density at radius 1 is 1.35 bits per heavy atom. The molecule has 1 aromatic carbocycles. The second-order valence-electron chi connectivity index (χ2n) is 4.44. The summed E-state index contributed by atoms with van der Waals surface area (Å²) in [5, 5.41) is 4.01. The predicted molar refractivity (Wildman–Crippen MR) is 70.7 cm³/mol. The molecular formula is C13H16N4O3. The fraction of sp³-hybridized carbons (Fsp3) is 0.385. The van der Waals surface area contributed by atoms with Gasteiger partial charge in [-0.2, -0.15) is 5.10 Å². The van der Waals surface area contributed by atoms with Gasteiger partial charge in [-0.15, -0.1) is 0 Å². The van der Waals surface area contributed by atoms with Crippen LogP contribution in [0.1, 0.15) is 11.4 Å². The van der Waals surface area contributed by atoms with Crippen molar-refractivity contribution in [2.75, 3.05) is 13.3 Å². The van der Waals surface area contributed by atoms with Gasteiger partial charge in [0.1, 0.15) is 18.7 Å². The van der Waals surface area contributed by atoms with E-state index in [1.54, 1.807) is 4.68 Å². The first-order valence-electron chi connectivity index (χ1n) is 6.36. The number of aryl methyl sites for hydroxylation is 1. The van der Waals surface area contributed by atoms with Crippen molar-refractivity contribution in [2.24, 2.45) is 12.8 Å². The molecule has 0 spiro atoms. The topological polar surface area (TPSA) is 84.4 Å². The zero-order valence-electron chi connectivity index (χ0n) is 11.2. The number of hydrogen-bond donors (Lipinski definition) is 1. The third kappa shape index (κ3) is 2.39. The maximum absolute atomic E-state index is 5.83. The molecule has 0 bridgehead atoms. The van der Waals surface area contributed by atoms with E-state index in [9.17, 15) is 0 Å². The zero-order chi connectivity index (χ0) is 13.9. The molecule has 20 heavy (non-hydrogen) atoms. The molecule has 0 atom stereocenters. The highest BCUT2D eigenvalue weighted by molar-refractivity contribution is 5.52. The number of nitrogens with zero attached hydrogens (tertiary/aromatic N) is 3. The van der Waals surface area contributed by atoms with E-state index in [-0.39, 0.29) is 6.79 Å². The predicted octanol–water partition coefficient (Wildman–Crippen LogP) is 0.624. The van der Waals surface area contributed by atoms with Crippen LogP contribution in [-0.4, -0.2) is 28.1 Å². The molecule has 7 nitrogen and oxygen atoms in total. The van der Waals surface area contributed by atoms with Gasteiger partial charge in [-0.05, 0) is 24.6 Å². The minimum absolute atomic E-state index is 0.240. The molecule has 1 aliphatic rings. The number of rotatable bonds is 5. The molecule has 0 amide bonds. The van der Waals surface area contributed by atoms with Gasteiger partial charge in [-0.25, -0.2) is 4.98 Å². The van der Waals surface area contributed by atoms with Crippen molar-refractivity contribution in [1.29, 1.82) is 0 Å². The maximum Gasteiger partial charge on any atom is 0.231 e. The van der Waals surface area contributed by atoms with Crippen molar-refractivity contribution in [3.63, 3.8) is 0 Å². The summed E-state index contributed by atoms with van der Waals surface area (Å²) in [6.45, 7) is 1.12. The first kappa shape index (κ1) is 12.7. The molecule has 0 radical (unpaired) electrons. The van der Waals surface area contributed by atoms with Crippen molar-refractivity contribution < 1.29 is 14.2 Å². The molecule has 7 heteroatoms. The molecule has 0 saturated heterocycles. The fourth-order valence-electron chi connectivity index (χ4n) is 2.04. The normalized spacial score (nSPS) is 12.7. The molecule has 0 aliphatic carbocycles. The Morgan fingerprint density at radius 2 is 2.15 bits per heavy atom. The molecule has 2 N–H and O–H groups in total. The minimum Gasteiger partial charge on any atom is -0.485 e. The van der Waals surface area contributed by atoms with Gasteiger partial charge in [-0.1, -0.05) is 0 Å². The van der Waals surface area contributed by atoms with Crippen LogP contribution in [0.4, 0.5) is 0 Å². The lowest BCUT2D eigenvalue weighted by Crippen LogP contribution is -2.08. The van der Waals surface area contributed by atoms with Gasteiger partial charge < -0.3 is 19.9 Å². The van der Waals surface area contributed by atoms with Crippen LogP contribution in [0.15, 0.2) is 18.5 Å². The lowest BCUT2D eigenvalue weighted by molar-refractivity contribution is 0.173. The van der Waals surface area contributed by atoms with Gasteiger partial charge in [-0.3, -0.25) is 4.68 Å². The van der Waals surface area contributed by atoms with Crippen molar-refractivity contribution in [2.45, 2.75) is 13.0 Å². The molecule has 106 valence electrons. The second-order valence-corrected chi connectivity index (χ2v) is 4.44. The largest absolute Gasteiger partial charge is 0.485 e. The van der Waals surface area contributed by atoms with E-state index >= 15 is 0 Å². The summed E-state index contributed by atoms with van der Waals surface area (Å²) in [5.41, 5.74) is 6.63. The van der Waals surface area contributed by atoms with E-state index < -0.39 is 0 Å². The summed E-state index contributed by atoms with van der Waals surface area (Å²) in [7, 11) is 1.83. The number of benzene rings is 1. The number of hydrogen-bond acceptors (Lipinski definition) is 6. The molecule has 0 fully saturated rings. The number of aromatic nitrogens is 3. The molecular weight excluding hydrogens is 260 g/mol. The lowest BCUT2D eigenvalue weighted by Gasteiger charge is -2.11. The lowest BCUT2D eigenvalue weighted by atomic mass is 10.1. The van der Waals surface area contributed by atoms with E-state index in [1.165, 1.54) is 6.33 Å². The Labute approximate surface area is 116 Å². The highest BCUT2D eigenvalue weighted by Gasteiger charge is 2.18. The van der Waals surface area contributed by atoms with Gasteiger partial charge in [0.25, 0.3) is 0 Å². The summed E-state index contributed by atoms with van der Waals surface area (Å²) in [6.07, 6.45) is 2.21. The van der Waals surface area contributed by atoms with Crippen LogP contribution >= 0.6 is 0 Å². The van der Waals surface area contributed by atoms with Crippen molar-refractivity contribution >= 4 is 0 Å². The average molecular weight is 276 g/mol. The highest BCUT2D eigenvalue weighted by atomic mass is 16.7. The number of nitrogens with two attached hydrogens (primary N) is 1. The molecule has 2 heterocycles. The SMILES string of the molecule is Cn1ncnc1COc1cc2c(cc1CCN)OCO2. The molecule has 1 aromatic heterocycles.